The number of amides is 3. The topological polar surface area (TPSA) is 84.2 Å². The summed E-state index contributed by atoms with van der Waals surface area (Å²) in [4.78, 5) is 23.6. The molecule has 0 bridgehead atoms. The van der Waals surface area contributed by atoms with Crippen molar-refractivity contribution in [2.75, 3.05) is 11.1 Å². The lowest BCUT2D eigenvalue weighted by molar-refractivity contribution is 0.0967. The van der Waals surface area contributed by atoms with Gasteiger partial charge in [-0.25, -0.2) is 4.79 Å². The van der Waals surface area contributed by atoms with E-state index in [4.69, 9.17) is 28.9 Å². The van der Waals surface area contributed by atoms with Crippen LogP contribution < -0.4 is 16.4 Å². The number of urea groups is 1. The molecule has 0 atom stereocenters. The lowest BCUT2D eigenvalue weighted by atomic mass is 10.2. The number of carbonyl (C=O) groups excluding carboxylic acids is 2. The summed E-state index contributed by atoms with van der Waals surface area (Å²) in [5, 5.41) is 5.36. The molecule has 0 aliphatic rings. The minimum absolute atomic E-state index is 0.312. The second-order valence-electron chi connectivity index (χ2n) is 4.15. The molecule has 0 saturated carbocycles. The molecular weight excluding hydrogens is 313 g/mol. The van der Waals surface area contributed by atoms with Crippen LogP contribution in [0.25, 0.3) is 0 Å². The van der Waals surface area contributed by atoms with Gasteiger partial charge in [-0.2, -0.15) is 0 Å². The molecule has 3 amide bonds. The van der Waals surface area contributed by atoms with Gasteiger partial charge in [0.05, 0.1) is 10.7 Å². The van der Waals surface area contributed by atoms with Gasteiger partial charge >= 0.3 is 6.03 Å². The fraction of sp³-hybridized carbons (Fsp3) is 0. The molecule has 0 heterocycles. The summed E-state index contributed by atoms with van der Waals surface area (Å²) in [6.07, 6.45) is 0. The third-order valence-corrected chi connectivity index (χ3v) is 3.14. The number of carbonyl (C=O) groups is 2. The number of nitrogen functional groups attached to an aromatic ring is 1. The van der Waals surface area contributed by atoms with Gasteiger partial charge in [0.1, 0.15) is 0 Å². The molecule has 0 fully saturated rings. The Hall–Kier alpha value is -2.24. The van der Waals surface area contributed by atoms with Crippen LogP contribution in [-0.4, -0.2) is 11.9 Å². The molecule has 5 nitrogen and oxygen atoms in total. The summed E-state index contributed by atoms with van der Waals surface area (Å²) in [6.45, 7) is 0. The molecule has 2 rings (SSSR count). The molecule has 7 heteroatoms. The zero-order valence-electron chi connectivity index (χ0n) is 10.7. The highest BCUT2D eigenvalue weighted by Crippen LogP contribution is 2.25. The summed E-state index contributed by atoms with van der Waals surface area (Å²) in [6, 6.07) is 10.1. The number of imide groups is 1. The lowest BCUT2D eigenvalue weighted by Crippen LogP contribution is -2.34. The molecule has 2 aromatic carbocycles. The van der Waals surface area contributed by atoms with Crippen LogP contribution in [0.1, 0.15) is 10.4 Å². The van der Waals surface area contributed by atoms with Crippen LogP contribution in [0.2, 0.25) is 10.0 Å². The quantitative estimate of drug-likeness (QED) is 0.739. The van der Waals surface area contributed by atoms with Crippen LogP contribution in [0, 0.1) is 0 Å². The Morgan fingerprint density at radius 1 is 1.00 bits per heavy atom. The highest BCUT2D eigenvalue weighted by Gasteiger charge is 2.11. The first-order chi connectivity index (χ1) is 9.95. The van der Waals surface area contributed by atoms with Crippen molar-refractivity contribution in [3.63, 3.8) is 0 Å². The maximum absolute atomic E-state index is 11.8. The average molecular weight is 324 g/mol. The first-order valence-corrected chi connectivity index (χ1v) is 6.64. The highest BCUT2D eigenvalue weighted by atomic mass is 35.5. The van der Waals surface area contributed by atoms with Crippen LogP contribution in [0.3, 0.4) is 0 Å². The van der Waals surface area contributed by atoms with Crippen LogP contribution >= 0.6 is 23.2 Å². The fourth-order valence-electron chi connectivity index (χ4n) is 1.56. The standard InChI is InChI=1S/C14H11Cl2N3O2/c15-9-3-6-11(16)12(7-9)18-14(21)19-13(20)8-1-4-10(17)5-2-8/h1-7H,17H2,(H2,18,19,20,21). The molecule has 0 aliphatic heterocycles. The Kier molecular flexibility index (Phi) is 4.67. The van der Waals surface area contributed by atoms with E-state index in [1.54, 1.807) is 24.3 Å². The summed E-state index contributed by atoms with van der Waals surface area (Å²) in [7, 11) is 0. The van der Waals surface area contributed by atoms with E-state index in [0.717, 1.165) is 0 Å². The Morgan fingerprint density at radius 2 is 1.67 bits per heavy atom. The van der Waals surface area contributed by atoms with Crippen molar-refractivity contribution in [1.29, 1.82) is 0 Å². The predicted octanol–water partition coefficient (Wildman–Crippen LogP) is 3.54. The number of benzene rings is 2. The maximum Gasteiger partial charge on any atom is 0.326 e. The number of hydrogen-bond donors (Lipinski definition) is 3. The predicted molar refractivity (Wildman–Crippen MR) is 83.8 cm³/mol. The normalized spacial score (nSPS) is 10.0. The van der Waals surface area contributed by atoms with Crippen molar-refractivity contribution in [2.45, 2.75) is 0 Å². The van der Waals surface area contributed by atoms with Gasteiger partial charge in [0.15, 0.2) is 0 Å². The van der Waals surface area contributed by atoms with E-state index in [2.05, 4.69) is 10.6 Å². The van der Waals surface area contributed by atoms with Gasteiger partial charge in [0, 0.05) is 16.3 Å². The first kappa shape index (κ1) is 15.2. The Morgan fingerprint density at radius 3 is 2.33 bits per heavy atom. The van der Waals surface area contributed by atoms with Crippen LogP contribution in [0.5, 0.6) is 0 Å². The average Bonchev–Trinajstić information content (AvgIpc) is 2.43. The minimum Gasteiger partial charge on any atom is -0.399 e. The van der Waals surface area contributed by atoms with E-state index in [0.29, 0.717) is 27.0 Å². The molecule has 0 radical (unpaired) electrons. The Bertz CT molecular complexity index is 687. The number of rotatable bonds is 2. The zero-order chi connectivity index (χ0) is 15.4. The third kappa shape index (κ3) is 4.11. The van der Waals surface area contributed by atoms with E-state index in [9.17, 15) is 9.59 Å². The molecule has 2 aromatic rings. The van der Waals surface area contributed by atoms with Crippen molar-refractivity contribution in [3.8, 4) is 0 Å². The van der Waals surface area contributed by atoms with E-state index >= 15 is 0 Å². The van der Waals surface area contributed by atoms with Gasteiger partial charge in [-0.1, -0.05) is 23.2 Å². The minimum atomic E-state index is -0.707. The monoisotopic (exact) mass is 323 g/mol. The Balaban J connectivity index is 2.03. The smallest absolute Gasteiger partial charge is 0.326 e. The van der Waals surface area contributed by atoms with Crippen molar-refractivity contribution < 1.29 is 9.59 Å². The summed E-state index contributed by atoms with van der Waals surface area (Å²) in [5.41, 5.74) is 6.68. The molecule has 108 valence electrons. The second-order valence-corrected chi connectivity index (χ2v) is 5.00. The number of halogens is 2. The molecule has 0 unspecified atom stereocenters. The molecule has 0 saturated heterocycles. The van der Waals surface area contributed by atoms with Gasteiger partial charge in [-0.05, 0) is 42.5 Å². The zero-order valence-corrected chi connectivity index (χ0v) is 12.2. The number of hydrogen-bond acceptors (Lipinski definition) is 3. The van der Waals surface area contributed by atoms with Gasteiger partial charge < -0.3 is 11.1 Å². The van der Waals surface area contributed by atoms with Crippen molar-refractivity contribution in [1.82, 2.24) is 5.32 Å². The number of nitrogens with two attached hydrogens (primary N) is 1. The maximum atomic E-state index is 11.8. The van der Waals surface area contributed by atoms with Crippen LogP contribution in [0.4, 0.5) is 16.2 Å². The van der Waals surface area contributed by atoms with Crippen molar-refractivity contribution in [3.05, 3.63) is 58.1 Å². The van der Waals surface area contributed by atoms with E-state index in [1.807, 2.05) is 0 Å². The number of nitrogens with one attached hydrogen (secondary N) is 2. The van der Waals surface area contributed by atoms with Crippen molar-refractivity contribution >= 4 is 46.5 Å². The van der Waals surface area contributed by atoms with Gasteiger partial charge in [-0.3, -0.25) is 10.1 Å². The SMILES string of the molecule is Nc1ccc(C(=O)NC(=O)Nc2cc(Cl)ccc2Cl)cc1. The second kappa shape index (κ2) is 6.47. The summed E-state index contributed by atoms with van der Waals surface area (Å²) in [5.74, 6) is -0.550. The fourth-order valence-corrected chi connectivity index (χ4v) is 1.89. The molecule has 4 N–H and O–H groups in total. The Labute approximate surface area is 131 Å². The summed E-state index contributed by atoms with van der Waals surface area (Å²) >= 11 is 11.7. The first-order valence-electron chi connectivity index (χ1n) is 5.88. The largest absolute Gasteiger partial charge is 0.399 e. The highest BCUT2D eigenvalue weighted by molar-refractivity contribution is 6.35. The van der Waals surface area contributed by atoms with Gasteiger partial charge in [-0.15, -0.1) is 0 Å². The van der Waals surface area contributed by atoms with Crippen molar-refractivity contribution in [2.24, 2.45) is 0 Å². The van der Waals surface area contributed by atoms with Crippen LogP contribution in [0.15, 0.2) is 42.5 Å². The summed E-state index contributed by atoms with van der Waals surface area (Å²) < 4.78 is 0. The molecule has 21 heavy (non-hydrogen) atoms. The number of anilines is 2. The van der Waals surface area contributed by atoms with Gasteiger partial charge in [0.25, 0.3) is 5.91 Å². The third-order valence-electron chi connectivity index (χ3n) is 2.58. The molecule has 0 aliphatic carbocycles. The van der Waals surface area contributed by atoms with E-state index in [-0.39, 0.29) is 0 Å². The lowest BCUT2D eigenvalue weighted by Gasteiger charge is -2.08. The van der Waals surface area contributed by atoms with Crippen LogP contribution in [-0.2, 0) is 0 Å². The molecule has 0 aromatic heterocycles. The van der Waals surface area contributed by atoms with E-state index < -0.39 is 11.9 Å². The van der Waals surface area contributed by atoms with E-state index in [1.165, 1.54) is 18.2 Å². The van der Waals surface area contributed by atoms with Gasteiger partial charge in [0.2, 0.25) is 0 Å². The molecule has 0 spiro atoms. The molecular formula is C14H11Cl2N3O2.